The second-order valence-electron chi connectivity index (χ2n) is 4.14. The molecule has 0 spiro atoms. The van der Waals surface area contributed by atoms with E-state index in [4.69, 9.17) is 9.57 Å². The van der Waals surface area contributed by atoms with Gasteiger partial charge in [0.05, 0.1) is 11.3 Å². The number of carbonyl (C=O) groups excluding carboxylic acids is 1. The molecule has 0 N–H and O–H groups in total. The Balaban J connectivity index is 1.85. The van der Waals surface area contributed by atoms with Crippen LogP contribution in [0.2, 0.25) is 0 Å². The van der Waals surface area contributed by atoms with E-state index in [0.29, 0.717) is 17.7 Å². The molecule has 0 radical (unpaired) electrons. The third-order valence-electron chi connectivity index (χ3n) is 2.89. The number of para-hydroxylation sites is 1. The highest BCUT2D eigenvalue weighted by Gasteiger charge is 2.34. The Bertz CT molecular complexity index is 498. The maximum atomic E-state index is 12.2. The van der Waals surface area contributed by atoms with Crippen LogP contribution in [-0.4, -0.2) is 29.5 Å². The van der Waals surface area contributed by atoms with E-state index in [1.54, 1.807) is 17.0 Å². The predicted octanol–water partition coefficient (Wildman–Crippen LogP) is 1.60. The van der Waals surface area contributed by atoms with Gasteiger partial charge in [-0.2, -0.15) is 0 Å². The largest absolute Gasteiger partial charge is 0.472 e. The zero-order chi connectivity index (χ0) is 11.8. The third kappa shape index (κ3) is 1.63. The predicted molar refractivity (Wildman–Crippen MR) is 60.7 cm³/mol. The van der Waals surface area contributed by atoms with Gasteiger partial charge >= 0.3 is 0 Å². The molecule has 1 aromatic carbocycles. The molecule has 0 bridgehead atoms. The van der Waals surface area contributed by atoms with Gasteiger partial charge in [-0.1, -0.05) is 17.3 Å². The summed E-state index contributed by atoms with van der Waals surface area (Å²) in [4.78, 5) is 19.0. The van der Waals surface area contributed by atoms with Crippen LogP contribution in [0.3, 0.4) is 0 Å². The Labute approximate surface area is 98.6 Å². The fourth-order valence-electron chi connectivity index (χ4n) is 1.98. The number of carbonyl (C=O) groups is 1. The van der Waals surface area contributed by atoms with Crippen molar-refractivity contribution in [2.75, 3.05) is 6.73 Å². The molecule has 2 aliphatic rings. The second kappa shape index (κ2) is 3.76. The van der Waals surface area contributed by atoms with Crippen LogP contribution < -0.4 is 4.74 Å². The highest BCUT2D eigenvalue weighted by Crippen LogP contribution is 2.27. The lowest BCUT2D eigenvalue weighted by Gasteiger charge is -2.31. The van der Waals surface area contributed by atoms with Crippen molar-refractivity contribution in [3.8, 4) is 5.75 Å². The Morgan fingerprint density at radius 2 is 2.24 bits per heavy atom. The van der Waals surface area contributed by atoms with Crippen molar-refractivity contribution in [2.24, 2.45) is 5.16 Å². The summed E-state index contributed by atoms with van der Waals surface area (Å²) in [6.45, 7) is 2.09. The topological polar surface area (TPSA) is 51.1 Å². The van der Waals surface area contributed by atoms with Crippen LogP contribution in [0.25, 0.3) is 0 Å². The first-order valence-electron chi connectivity index (χ1n) is 5.48. The normalized spacial score (nSPS) is 22.6. The quantitative estimate of drug-likeness (QED) is 0.739. The first-order chi connectivity index (χ1) is 8.25. The summed E-state index contributed by atoms with van der Waals surface area (Å²) in [7, 11) is 0. The number of hydrogen-bond acceptors (Lipinski definition) is 4. The minimum atomic E-state index is -0.337. The van der Waals surface area contributed by atoms with Crippen LogP contribution in [0.15, 0.2) is 29.4 Å². The van der Waals surface area contributed by atoms with Crippen molar-refractivity contribution in [3.05, 3.63) is 29.8 Å². The fraction of sp³-hybridized carbons (Fsp3) is 0.333. The van der Waals surface area contributed by atoms with E-state index in [2.05, 4.69) is 5.16 Å². The molecule has 2 aliphatic heterocycles. The van der Waals surface area contributed by atoms with E-state index in [1.165, 1.54) is 0 Å². The van der Waals surface area contributed by atoms with Gasteiger partial charge in [0.1, 0.15) is 5.75 Å². The lowest BCUT2D eigenvalue weighted by atomic mass is 10.1. The lowest BCUT2D eigenvalue weighted by Crippen LogP contribution is -2.45. The smallest absolute Gasteiger partial charge is 0.263 e. The van der Waals surface area contributed by atoms with Gasteiger partial charge in [-0.15, -0.1) is 0 Å². The number of hydrogen-bond donors (Lipinski definition) is 0. The summed E-state index contributed by atoms with van der Waals surface area (Å²) in [5.41, 5.74) is 1.47. The molecule has 17 heavy (non-hydrogen) atoms. The van der Waals surface area contributed by atoms with Gasteiger partial charge in [0.15, 0.2) is 6.73 Å². The van der Waals surface area contributed by atoms with E-state index >= 15 is 0 Å². The van der Waals surface area contributed by atoms with Crippen LogP contribution >= 0.6 is 0 Å². The second-order valence-corrected chi connectivity index (χ2v) is 4.14. The van der Waals surface area contributed by atoms with Gasteiger partial charge in [0.2, 0.25) is 6.23 Å². The number of benzene rings is 1. The Hall–Kier alpha value is -2.04. The average molecular weight is 232 g/mol. The van der Waals surface area contributed by atoms with Gasteiger partial charge in [-0.25, -0.2) is 0 Å². The number of amides is 1. The number of ether oxygens (including phenoxy) is 1. The first kappa shape index (κ1) is 10.1. The lowest BCUT2D eigenvalue weighted by molar-refractivity contribution is -0.0551. The molecule has 5 heteroatoms. The molecule has 5 nitrogen and oxygen atoms in total. The summed E-state index contributed by atoms with van der Waals surface area (Å²) in [5, 5.41) is 3.85. The molecule has 0 aromatic heterocycles. The molecule has 1 aromatic rings. The molecule has 0 saturated carbocycles. The molecule has 88 valence electrons. The van der Waals surface area contributed by atoms with Crippen LogP contribution in [-0.2, 0) is 4.84 Å². The maximum absolute atomic E-state index is 12.2. The van der Waals surface area contributed by atoms with Crippen LogP contribution in [0.4, 0.5) is 0 Å². The number of nitrogens with zero attached hydrogens (tertiary/aromatic N) is 2. The Morgan fingerprint density at radius 1 is 1.41 bits per heavy atom. The highest BCUT2D eigenvalue weighted by molar-refractivity contribution is 5.98. The molecule has 1 amide bonds. The number of oxime groups is 1. The van der Waals surface area contributed by atoms with E-state index < -0.39 is 0 Å². The molecule has 2 heterocycles. The summed E-state index contributed by atoms with van der Waals surface area (Å²) in [5.74, 6) is 0.561. The van der Waals surface area contributed by atoms with Crippen molar-refractivity contribution < 1.29 is 14.4 Å². The average Bonchev–Trinajstić information content (AvgIpc) is 2.77. The maximum Gasteiger partial charge on any atom is 0.263 e. The Morgan fingerprint density at radius 3 is 3.00 bits per heavy atom. The fourth-order valence-corrected chi connectivity index (χ4v) is 1.98. The van der Waals surface area contributed by atoms with Crippen molar-refractivity contribution in [3.63, 3.8) is 0 Å². The zero-order valence-electron chi connectivity index (χ0n) is 9.42. The van der Waals surface area contributed by atoms with Crippen LogP contribution in [0, 0.1) is 0 Å². The monoisotopic (exact) mass is 232 g/mol. The summed E-state index contributed by atoms with van der Waals surface area (Å²) < 4.78 is 5.53. The van der Waals surface area contributed by atoms with Crippen molar-refractivity contribution in [2.45, 2.75) is 19.6 Å². The van der Waals surface area contributed by atoms with Gasteiger partial charge in [-0.05, 0) is 19.1 Å². The molecular formula is C12H12N2O3. The number of rotatable bonds is 1. The third-order valence-corrected chi connectivity index (χ3v) is 2.89. The molecular weight excluding hydrogens is 220 g/mol. The van der Waals surface area contributed by atoms with Gasteiger partial charge < -0.3 is 9.57 Å². The van der Waals surface area contributed by atoms with Crippen molar-refractivity contribution >= 4 is 11.6 Å². The standard InChI is InChI=1S/C12H12N2O3/c1-8-6-11(17-13-8)14-7-16-10-5-3-2-4-9(10)12(14)15/h2-5,11H,6-7H2,1H3. The minimum Gasteiger partial charge on any atom is -0.472 e. The molecule has 0 fully saturated rings. The Kier molecular flexibility index (Phi) is 2.24. The van der Waals surface area contributed by atoms with Gasteiger partial charge in [0, 0.05) is 6.42 Å². The molecule has 3 rings (SSSR count). The zero-order valence-corrected chi connectivity index (χ0v) is 9.42. The molecule has 1 unspecified atom stereocenters. The van der Waals surface area contributed by atoms with Crippen LogP contribution in [0.5, 0.6) is 5.75 Å². The van der Waals surface area contributed by atoms with E-state index in [1.807, 2.05) is 19.1 Å². The summed E-state index contributed by atoms with van der Waals surface area (Å²) in [6.07, 6.45) is 0.299. The van der Waals surface area contributed by atoms with Crippen LogP contribution in [0.1, 0.15) is 23.7 Å². The summed E-state index contributed by atoms with van der Waals surface area (Å²) in [6, 6.07) is 7.22. The highest BCUT2D eigenvalue weighted by atomic mass is 16.7. The summed E-state index contributed by atoms with van der Waals surface area (Å²) >= 11 is 0. The number of fused-ring (bicyclic) bond motifs is 1. The SMILES string of the molecule is CC1=NOC(N2COc3ccccc3C2=O)C1. The van der Waals surface area contributed by atoms with Crippen molar-refractivity contribution in [1.82, 2.24) is 4.90 Å². The molecule has 0 aliphatic carbocycles. The van der Waals surface area contributed by atoms with Gasteiger partial charge in [0.25, 0.3) is 5.91 Å². The van der Waals surface area contributed by atoms with Crippen molar-refractivity contribution in [1.29, 1.82) is 0 Å². The first-order valence-corrected chi connectivity index (χ1v) is 5.48. The molecule has 1 atom stereocenters. The van der Waals surface area contributed by atoms with E-state index in [0.717, 1.165) is 5.71 Å². The van der Waals surface area contributed by atoms with E-state index in [-0.39, 0.29) is 18.9 Å². The molecule has 0 saturated heterocycles. The van der Waals surface area contributed by atoms with Gasteiger partial charge in [-0.3, -0.25) is 9.69 Å². The minimum absolute atomic E-state index is 0.0678. The van der Waals surface area contributed by atoms with E-state index in [9.17, 15) is 4.79 Å².